The molecule has 0 saturated carbocycles. The summed E-state index contributed by atoms with van der Waals surface area (Å²) < 4.78 is 30.8. The monoisotopic (exact) mass is 417 g/mol. The Balaban J connectivity index is 1.63. The second-order valence-corrected chi connectivity index (χ2v) is 9.82. The van der Waals surface area contributed by atoms with Crippen LogP contribution in [0, 0.1) is 0 Å². The Morgan fingerprint density at radius 1 is 1.30 bits per heavy atom. The molecular formula is C16H27N5O4S2. The van der Waals surface area contributed by atoms with E-state index in [4.69, 9.17) is 4.74 Å². The summed E-state index contributed by atoms with van der Waals surface area (Å²) in [5, 5.41) is 9.29. The van der Waals surface area contributed by atoms with Crippen molar-refractivity contribution in [2.45, 2.75) is 38.0 Å². The summed E-state index contributed by atoms with van der Waals surface area (Å²) >= 11 is 1.36. The highest BCUT2D eigenvalue weighted by atomic mass is 32.2. The van der Waals surface area contributed by atoms with Gasteiger partial charge < -0.3 is 14.5 Å². The quantitative estimate of drug-likeness (QED) is 0.583. The first-order valence-corrected chi connectivity index (χ1v) is 12.1. The molecule has 0 unspecified atom stereocenters. The van der Waals surface area contributed by atoms with Gasteiger partial charge in [-0.1, -0.05) is 11.8 Å². The van der Waals surface area contributed by atoms with Crippen LogP contribution in [0.15, 0.2) is 5.16 Å². The minimum absolute atomic E-state index is 0.0526. The van der Waals surface area contributed by atoms with Crippen LogP contribution < -0.4 is 4.90 Å². The summed E-state index contributed by atoms with van der Waals surface area (Å²) in [5.74, 6) is 1.23. The first-order valence-electron chi connectivity index (χ1n) is 9.33. The zero-order chi connectivity index (χ0) is 19.4. The van der Waals surface area contributed by atoms with E-state index < -0.39 is 9.84 Å². The number of ether oxygens (including phenoxy) is 1. The lowest BCUT2D eigenvalue weighted by molar-refractivity contribution is -0.129. The van der Waals surface area contributed by atoms with Crippen molar-refractivity contribution in [3.05, 3.63) is 0 Å². The number of amides is 1. The van der Waals surface area contributed by atoms with Crippen molar-refractivity contribution < 1.29 is 17.9 Å². The van der Waals surface area contributed by atoms with Gasteiger partial charge in [-0.3, -0.25) is 9.36 Å². The molecule has 0 radical (unpaired) electrons. The molecule has 0 aliphatic carbocycles. The molecule has 3 rings (SSSR count). The number of rotatable bonds is 7. The molecule has 11 heteroatoms. The van der Waals surface area contributed by atoms with E-state index in [1.54, 1.807) is 4.90 Å². The van der Waals surface area contributed by atoms with Crippen LogP contribution in [-0.4, -0.2) is 90.1 Å². The molecule has 1 amide bonds. The Morgan fingerprint density at radius 3 is 2.63 bits per heavy atom. The zero-order valence-corrected chi connectivity index (χ0v) is 17.5. The number of carbonyl (C=O) groups is 1. The van der Waals surface area contributed by atoms with Crippen molar-refractivity contribution in [2.75, 3.05) is 55.0 Å². The maximum Gasteiger partial charge on any atom is 0.233 e. The van der Waals surface area contributed by atoms with E-state index in [9.17, 15) is 13.2 Å². The second-order valence-electron chi connectivity index (χ2n) is 6.65. The summed E-state index contributed by atoms with van der Waals surface area (Å²) in [5.41, 5.74) is 0. The van der Waals surface area contributed by atoms with Gasteiger partial charge in [0, 0.05) is 32.2 Å². The molecule has 1 aromatic heterocycles. The summed E-state index contributed by atoms with van der Waals surface area (Å²) in [4.78, 5) is 16.5. The van der Waals surface area contributed by atoms with Crippen LogP contribution in [0.4, 0.5) is 5.95 Å². The van der Waals surface area contributed by atoms with E-state index in [1.165, 1.54) is 11.8 Å². The molecule has 1 aromatic rings. The van der Waals surface area contributed by atoms with Gasteiger partial charge >= 0.3 is 0 Å². The fraction of sp³-hybridized carbons (Fsp3) is 0.812. The van der Waals surface area contributed by atoms with E-state index in [2.05, 4.69) is 15.1 Å². The predicted octanol–water partition coefficient (Wildman–Crippen LogP) is 0.262. The third-order valence-electron chi connectivity index (χ3n) is 4.94. The highest BCUT2D eigenvalue weighted by Crippen LogP contribution is 2.24. The fourth-order valence-electron chi connectivity index (χ4n) is 3.53. The highest BCUT2D eigenvalue weighted by molar-refractivity contribution is 7.99. The molecule has 3 heterocycles. The first-order chi connectivity index (χ1) is 12.9. The van der Waals surface area contributed by atoms with Gasteiger partial charge in [0.1, 0.15) is 0 Å². The lowest BCUT2D eigenvalue weighted by atomic mass is 10.2. The SMILES string of the molecule is CCN(C(=O)CSc1nnc(N2CCOCC2)n1CC)[C@@H]1CCS(=O)(=O)C1. The number of nitrogens with zero attached hydrogens (tertiary/aromatic N) is 5. The van der Waals surface area contributed by atoms with Gasteiger partial charge in [-0.15, -0.1) is 10.2 Å². The predicted molar refractivity (Wildman–Crippen MR) is 104 cm³/mol. The van der Waals surface area contributed by atoms with Gasteiger partial charge in [0.05, 0.1) is 30.5 Å². The van der Waals surface area contributed by atoms with Crippen molar-refractivity contribution in [1.29, 1.82) is 0 Å². The van der Waals surface area contributed by atoms with Crippen LogP contribution in [0.25, 0.3) is 0 Å². The van der Waals surface area contributed by atoms with E-state index in [0.717, 1.165) is 19.0 Å². The summed E-state index contributed by atoms with van der Waals surface area (Å²) in [7, 11) is -3.01. The van der Waals surface area contributed by atoms with Crippen LogP contribution in [0.3, 0.4) is 0 Å². The average molecular weight is 418 g/mol. The number of aromatic nitrogens is 3. The van der Waals surface area contributed by atoms with Gasteiger partial charge in [0.25, 0.3) is 0 Å². The third kappa shape index (κ3) is 4.75. The molecule has 0 bridgehead atoms. The largest absolute Gasteiger partial charge is 0.378 e. The summed E-state index contributed by atoms with van der Waals surface area (Å²) in [6.45, 7) is 8.05. The van der Waals surface area contributed by atoms with Gasteiger partial charge in [0.2, 0.25) is 11.9 Å². The number of anilines is 1. The number of morpholine rings is 1. The lowest BCUT2D eigenvalue weighted by Gasteiger charge is -2.28. The Labute approximate surface area is 164 Å². The summed E-state index contributed by atoms with van der Waals surface area (Å²) in [6, 6.07) is -0.207. The van der Waals surface area contributed by atoms with Crippen molar-refractivity contribution in [3.8, 4) is 0 Å². The van der Waals surface area contributed by atoms with Crippen molar-refractivity contribution in [2.24, 2.45) is 0 Å². The summed E-state index contributed by atoms with van der Waals surface area (Å²) in [6.07, 6.45) is 0.527. The van der Waals surface area contributed by atoms with Crippen LogP contribution >= 0.6 is 11.8 Å². The van der Waals surface area contributed by atoms with Gasteiger partial charge in [-0.2, -0.15) is 0 Å². The van der Waals surface area contributed by atoms with Gasteiger partial charge in [0.15, 0.2) is 15.0 Å². The van der Waals surface area contributed by atoms with E-state index >= 15 is 0 Å². The van der Waals surface area contributed by atoms with Crippen molar-refractivity contribution in [1.82, 2.24) is 19.7 Å². The molecule has 0 spiro atoms. The molecule has 9 nitrogen and oxygen atoms in total. The fourth-order valence-corrected chi connectivity index (χ4v) is 6.14. The number of thioether (sulfide) groups is 1. The third-order valence-corrected chi connectivity index (χ3v) is 7.64. The van der Waals surface area contributed by atoms with E-state index in [-0.39, 0.29) is 29.2 Å². The molecule has 2 aliphatic rings. The van der Waals surface area contributed by atoms with Gasteiger partial charge in [-0.05, 0) is 20.3 Å². The Bertz CT molecular complexity index is 761. The first kappa shape index (κ1) is 20.4. The molecule has 0 N–H and O–H groups in total. The second kappa shape index (κ2) is 8.78. The molecule has 2 saturated heterocycles. The normalized spacial score (nSPS) is 22.1. The Kier molecular flexibility index (Phi) is 6.64. The van der Waals surface area contributed by atoms with Crippen LogP contribution in [0.1, 0.15) is 20.3 Å². The standard InChI is InChI=1S/C16H27N5O4S2/c1-3-20(13-5-10-27(23,24)12-13)14(22)11-26-16-18-17-15(21(16)4-2)19-6-8-25-9-7-19/h13H,3-12H2,1-2H3/t13-/m1/s1. The van der Waals surface area contributed by atoms with Gasteiger partial charge in [-0.25, -0.2) is 8.42 Å². The molecule has 27 heavy (non-hydrogen) atoms. The molecule has 152 valence electrons. The Morgan fingerprint density at radius 2 is 2.04 bits per heavy atom. The van der Waals surface area contributed by atoms with Crippen LogP contribution in [-0.2, 0) is 25.9 Å². The zero-order valence-electron chi connectivity index (χ0n) is 15.8. The number of sulfone groups is 1. The van der Waals surface area contributed by atoms with Crippen molar-refractivity contribution >= 4 is 33.5 Å². The minimum atomic E-state index is -3.01. The maximum atomic E-state index is 12.7. The lowest BCUT2D eigenvalue weighted by Crippen LogP contribution is -2.42. The smallest absolute Gasteiger partial charge is 0.233 e. The maximum absolute atomic E-state index is 12.7. The molecule has 1 atom stereocenters. The van der Waals surface area contributed by atoms with Crippen molar-refractivity contribution in [3.63, 3.8) is 0 Å². The molecule has 2 fully saturated rings. The number of carbonyl (C=O) groups excluding carboxylic acids is 1. The average Bonchev–Trinajstić information content (AvgIpc) is 3.24. The molecule has 0 aromatic carbocycles. The van der Waals surface area contributed by atoms with E-state index in [1.807, 2.05) is 18.4 Å². The number of hydrogen-bond donors (Lipinski definition) is 0. The number of hydrogen-bond acceptors (Lipinski definition) is 8. The van der Waals surface area contributed by atoms with E-state index in [0.29, 0.717) is 37.9 Å². The topological polar surface area (TPSA) is 97.6 Å². The molecule has 2 aliphatic heterocycles. The minimum Gasteiger partial charge on any atom is -0.378 e. The Hall–Kier alpha value is -1.33. The van der Waals surface area contributed by atoms with Crippen LogP contribution in [0.2, 0.25) is 0 Å². The molecular weight excluding hydrogens is 390 g/mol. The van der Waals surface area contributed by atoms with Crippen LogP contribution in [0.5, 0.6) is 0 Å². The highest BCUT2D eigenvalue weighted by Gasteiger charge is 2.34.